The van der Waals surface area contributed by atoms with Crippen LogP contribution in [0.1, 0.15) is 22.5 Å². The lowest BCUT2D eigenvalue weighted by Gasteiger charge is -2.05. The summed E-state index contributed by atoms with van der Waals surface area (Å²) >= 11 is 2.61. The second-order valence-corrected chi connectivity index (χ2v) is 3.37. The summed E-state index contributed by atoms with van der Waals surface area (Å²) < 4.78 is 24.3. The van der Waals surface area contributed by atoms with E-state index in [-0.39, 0.29) is 0 Å². The second-order valence-electron chi connectivity index (χ2n) is 2.58. The van der Waals surface area contributed by atoms with Crippen molar-refractivity contribution >= 4 is 27.6 Å². The Morgan fingerprint density at radius 2 is 2.19 bits per heavy atom. The Kier molecular flexibility index (Phi) is 3.48. The molecule has 9 heteroatoms. The van der Waals surface area contributed by atoms with Crippen LogP contribution in [0, 0.1) is 10.1 Å². The molecule has 0 aliphatic heterocycles. The number of hydrogen-bond donors (Lipinski definition) is 1. The highest BCUT2D eigenvalue weighted by Gasteiger charge is 2.28. The van der Waals surface area contributed by atoms with Crippen molar-refractivity contribution < 1.29 is 23.6 Å². The third kappa shape index (κ3) is 2.13. The number of carboxylic acids is 1. The van der Waals surface area contributed by atoms with Gasteiger partial charge in [0.25, 0.3) is 6.43 Å². The third-order valence-electron chi connectivity index (χ3n) is 1.64. The van der Waals surface area contributed by atoms with Gasteiger partial charge in [0.2, 0.25) is 0 Å². The van der Waals surface area contributed by atoms with E-state index in [4.69, 9.17) is 5.11 Å². The van der Waals surface area contributed by atoms with Crippen LogP contribution in [0.5, 0.6) is 0 Å². The van der Waals surface area contributed by atoms with Crippen molar-refractivity contribution in [2.45, 2.75) is 6.43 Å². The number of aromatic nitrogens is 1. The number of rotatable bonds is 3. The van der Waals surface area contributed by atoms with Crippen LogP contribution in [-0.2, 0) is 0 Å². The van der Waals surface area contributed by atoms with Crippen molar-refractivity contribution in [2.75, 3.05) is 0 Å². The first-order chi connectivity index (χ1) is 7.36. The zero-order chi connectivity index (χ0) is 12.5. The number of carbonyl (C=O) groups is 1. The van der Waals surface area contributed by atoms with Crippen LogP contribution in [0.15, 0.2) is 10.7 Å². The number of alkyl halides is 2. The maximum absolute atomic E-state index is 12.4. The predicted molar refractivity (Wildman–Crippen MR) is 50.5 cm³/mol. The first-order valence-corrected chi connectivity index (χ1v) is 4.49. The van der Waals surface area contributed by atoms with E-state index in [9.17, 15) is 23.7 Å². The molecule has 0 aliphatic carbocycles. The van der Waals surface area contributed by atoms with Crippen molar-refractivity contribution in [3.05, 3.63) is 32.0 Å². The second kappa shape index (κ2) is 4.47. The first kappa shape index (κ1) is 12.4. The van der Waals surface area contributed by atoms with E-state index in [0.717, 1.165) is 0 Å². The van der Waals surface area contributed by atoms with E-state index in [1.165, 1.54) is 0 Å². The van der Waals surface area contributed by atoms with Gasteiger partial charge in [-0.1, -0.05) is 0 Å². The molecule has 0 unspecified atom stereocenters. The fourth-order valence-electron chi connectivity index (χ4n) is 0.989. The molecule has 1 rings (SSSR count). The number of hydrogen-bond acceptors (Lipinski definition) is 4. The predicted octanol–water partition coefficient (Wildman–Crippen LogP) is 2.39. The molecular formula is C7H3BrF2N2O4. The molecule has 1 heterocycles. The zero-order valence-corrected chi connectivity index (χ0v) is 8.94. The highest BCUT2D eigenvalue weighted by atomic mass is 79.9. The molecule has 0 spiro atoms. The number of carboxylic acid groups (broad SMARTS) is 1. The highest BCUT2D eigenvalue weighted by molar-refractivity contribution is 9.10. The van der Waals surface area contributed by atoms with Crippen molar-refractivity contribution in [3.8, 4) is 0 Å². The smallest absolute Gasteiger partial charge is 0.339 e. The Balaban J connectivity index is 3.54. The Morgan fingerprint density at radius 1 is 1.62 bits per heavy atom. The molecular weight excluding hydrogens is 294 g/mol. The number of pyridine rings is 1. The summed E-state index contributed by atoms with van der Waals surface area (Å²) in [6.07, 6.45) is -2.54. The van der Waals surface area contributed by atoms with Gasteiger partial charge in [-0.15, -0.1) is 0 Å². The van der Waals surface area contributed by atoms with E-state index in [0.29, 0.717) is 6.20 Å². The van der Waals surface area contributed by atoms with Gasteiger partial charge in [0.15, 0.2) is 0 Å². The molecule has 16 heavy (non-hydrogen) atoms. The lowest BCUT2D eigenvalue weighted by molar-refractivity contribution is -0.386. The Hall–Kier alpha value is -1.64. The minimum Gasteiger partial charge on any atom is -0.478 e. The first-order valence-electron chi connectivity index (χ1n) is 3.70. The Bertz CT molecular complexity index is 466. The van der Waals surface area contributed by atoms with E-state index in [2.05, 4.69) is 20.9 Å². The molecule has 0 bridgehead atoms. The van der Waals surface area contributed by atoms with Gasteiger partial charge in [0, 0.05) is 0 Å². The maximum atomic E-state index is 12.4. The Labute approximate surface area is 95.2 Å². The molecule has 1 aromatic heterocycles. The average molecular weight is 297 g/mol. The van der Waals surface area contributed by atoms with Crippen LogP contribution in [0.25, 0.3) is 0 Å². The number of nitro groups is 1. The lowest BCUT2D eigenvalue weighted by atomic mass is 10.2. The van der Waals surface area contributed by atoms with Gasteiger partial charge in [-0.25, -0.2) is 18.6 Å². The van der Waals surface area contributed by atoms with Gasteiger partial charge < -0.3 is 5.11 Å². The molecule has 0 radical (unpaired) electrons. The summed E-state index contributed by atoms with van der Waals surface area (Å²) in [4.78, 5) is 23.3. The van der Waals surface area contributed by atoms with Gasteiger partial charge in [0.05, 0.1) is 4.92 Å². The third-order valence-corrected chi connectivity index (χ3v) is 2.45. The quantitative estimate of drug-likeness (QED) is 0.683. The van der Waals surface area contributed by atoms with Crippen molar-refractivity contribution in [3.63, 3.8) is 0 Å². The fourth-order valence-corrected chi connectivity index (χ4v) is 1.61. The summed E-state index contributed by atoms with van der Waals surface area (Å²) in [6.45, 7) is 0. The molecule has 0 aromatic carbocycles. The summed E-state index contributed by atoms with van der Waals surface area (Å²) in [7, 11) is 0. The zero-order valence-electron chi connectivity index (χ0n) is 7.35. The van der Waals surface area contributed by atoms with Crippen LogP contribution in [0.2, 0.25) is 0 Å². The van der Waals surface area contributed by atoms with E-state index >= 15 is 0 Å². The van der Waals surface area contributed by atoms with Gasteiger partial charge >= 0.3 is 11.7 Å². The van der Waals surface area contributed by atoms with Crippen LogP contribution in [0.3, 0.4) is 0 Å². The van der Waals surface area contributed by atoms with Gasteiger partial charge in [0.1, 0.15) is 21.9 Å². The lowest BCUT2D eigenvalue weighted by Crippen LogP contribution is -2.08. The number of aromatic carboxylic acids is 1. The molecule has 0 amide bonds. The van der Waals surface area contributed by atoms with Crippen LogP contribution >= 0.6 is 15.9 Å². The maximum Gasteiger partial charge on any atom is 0.339 e. The molecule has 0 atom stereocenters. The summed E-state index contributed by atoms with van der Waals surface area (Å²) in [5.74, 6) is -1.71. The fraction of sp³-hybridized carbons (Fsp3) is 0.143. The summed E-state index contributed by atoms with van der Waals surface area (Å²) in [6, 6.07) is 0. The van der Waals surface area contributed by atoms with Gasteiger partial charge in [-0.2, -0.15) is 0 Å². The van der Waals surface area contributed by atoms with E-state index in [1.807, 2.05) is 0 Å². The Morgan fingerprint density at radius 3 is 2.56 bits per heavy atom. The molecule has 6 nitrogen and oxygen atoms in total. The average Bonchev–Trinajstić information content (AvgIpc) is 2.15. The van der Waals surface area contributed by atoms with Crippen LogP contribution in [0.4, 0.5) is 14.5 Å². The minimum atomic E-state index is -3.12. The molecule has 0 saturated heterocycles. The molecule has 0 saturated carbocycles. The topological polar surface area (TPSA) is 93.3 Å². The standard InChI is InChI=1S/C7H3BrF2N2O4/c8-4-2(12(15)16)1-11-5(6(9)10)3(4)7(13)14/h1,6H,(H,13,14). The SMILES string of the molecule is O=C(O)c1c(C(F)F)ncc([N+](=O)[O-])c1Br. The minimum absolute atomic E-state index is 0.518. The van der Waals surface area contributed by atoms with Crippen molar-refractivity contribution in [1.82, 2.24) is 4.98 Å². The monoisotopic (exact) mass is 296 g/mol. The summed E-state index contributed by atoms with van der Waals surface area (Å²) in [5, 5.41) is 19.1. The van der Waals surface area contributed by atoms with Crippen molar-refractivity contribution in [1.29, 1.82) is 0 Å². The van der Waals surface area contributed by atoms with E-state index in [1.54, 1.807) is 0 Å². The molecule has 0 fully saturated rings. The van der Waals surface area contributed by atoms with Gasteiger partial charge in [-0.05, 0) is 15.9 Å². The molecule has 86 valence electrons. The molecule has 0 aliphatic rings. The van der Waals surface area contributed by atoms with Crippen molar-refractivity contribution in [2.24, 2.45) is 0 Å². The summed E-state index contributed by atoms with van der Waals surface area (Å²) in [5.41, 5.74) is -2.59. The number of nitrogens with zero attached hydrogens (tertiary/aromatic N) is 2. The number of halogens is 3. The van der Waals surface area contributed by atoms with E-state index < -0.39 is 38.7 Å². The normalized spacial score (nSPS) is 10.5. The van der Waals surface area contributed by atoms with Crippen LogP contribution < -0.4 is 0 Å². The molecule has 1 aromatic rings. The van der Waals surface area contributed by atoms with Crippen LogP contribution in [-0.4, -0.2) is 21.0 Å². The highest BCUT2D eigenvalue weighted by Crippen LogP contribution is 2.33. The largest absolute Gasteiger partial charge is 0.478 e. The van der Waals surface area contributed by atoms with Gasteiger partial charge in [-0.3, -0.25) is 10.1 Å². The molecule has 1 N–H and O–H groups in total.